The summed E-state index contributed by atoms with van der Waals surface area (Å²) in [5.41, 5.74) is 7.16. The standard InChI is InChI=1S/C12H16BrN3O/c13-8-1-2-15-12(3-8)11(14)6-16-5-10-4-9(16)7-17-10/h1-3,9-11H,4-7,14H2/t9-,10-,11?/m1/s1. The number of halogens is 1. The number of morpholine rings is 1. The molecule has 0 amide bonds. The molecule has 2 N–H and O–H groups in total. The van der Waals surface area contributed by atoms with Crippen LogP contribution in [0.15, 0.2) is 22.8 Å². The zero-order chi connectivity index (χ0) is 11.8. The van der Waals surface area contributed by atoms with E-state index in [1.807, 2.05) is 12.1 Å². The second-order valence-corrected chi connectivity index (χ2v) is 5.72. The molecule has 5 heteroatoms. The summed E-state index contributed by atoms with van der Waals surface area (Å²) in [6.07, 6.45) is 3.39. The molecular formula is C12H16BrN3O. The molecule has 0 radical (unpaired) electrons. The Bertz CT molecular complexity index is 414. The summed E-state index contributed by atoms with van der Waals surface area (Å²) in [6.45, 7) is 2.75. The van der Waals surface area contributed by atoms with Gasteiger partial charge in [-0.25, -0.2) is 0 Å². The van der Waals surface area contributed by atoms with Crippen molar-refractivity contribution in [3.63, 3.8) is 0 Å². The second kappa shape index (κ2) is 4.65. The summed E-state index contributed by atoms with van der Waals surface area (Å²) in [5.74, 6) is 0. The van der Waals surface area contributed by atoms with Gasteiger partial charge in [0.05, 0.1) is 24.4 Å². The van der Waals surface area contributed by atoms with Crippen LogP contribution in [-0.2, 0) is 4.74 Å². The first-order chi connectivity index (χ1) is 8.22. The molecule has 92 valence electrons. The van der Waals surface area contributed by atoms with Crippen molar-refractivity contribution >= 4 is 15.9 Å². The fourth-order valence-electron chi connectivity index (χ4n) is 2.67. The molecule has 2 fully saturated rings. The van der Waals surface area contributed by atoms with E-state index >= 15 is 0 Å². The number of pyridine rings is 1. The first kappa shape index (κ1) is 11.6. The lowest BCUT2D eigenvalue weighted by Gasteiger charge is -2.28. The van der Waals surface area contributed by atoms with Gasteiger partial charge >= 0.3 is 0 Å². The summed E-state index contributed by atoms with van der Waals surface area (Å²) in [7, 11) is 0. The number of nitrogens with zero attached hydrogens (tertiary/aromatic N) is 2. The average molecular weight is 298 g/mol. The van der Waals surface area contributed by atoms with E-state index in [-0.39, 0.29) is 6.04 Å². The lowest BCUT2D eigenvalue weighted by molar-refractivity contribution is 0.0282. The molecule has 1 aromatic rings. The van der Waals surface area contributed by atoms with Gasteiger partial charge in [-0.15, -0.1) is 0 Å². The van der Waals surface area contributed by atoms with Gasteiger partial charge in [0.2, 0.25) is 0 Å². The van der Waals surface area contributed by atoms with E-state index in [1.54, 1.807) is 6.20 Å². The zero-order valence-electron chi connectivity index (χ0n) is 9.55. The summed E-state index contributed by atoms with van der Waals surface area (Å²) in [6, 6.07) is 4.46. The van der Waals surface area contributed by atoms with Gasteiger partial charge in [-0.1, -0.05) is 15.9 Å². The zero-order valence-corrected chi connectivity index (χ0v) is 11.1. The van der Waals surface area contributed by atoms with Crippen LogP contribution < -0.4 is 5.73 Å². The van der Waals surface area contributed by atoms with E-state index in [4.69, 9.17) is 10.5 Å². The van der Waals surface area contributed by atoms with Crippen molar-refractivity contribution in [2.75, 3.05) is 19.7 Å². The van der Waals surface area contributed by atoms with Gasteiger partial charge in [0.1, 0.15) is 0 Å². The van der Waals surface area contributed by atoms with Crippen LogP contribution in [-0.4, -0.2) is 41.7 Å². The molecule has 0 saturated carbocycles. The molecule has 2 aliphatic rings. The molecule has 17 heavy (non-hydrogen) atoms. The number of hydrogen-bond donors (Lipinski definition) is 1. The Kier molecular flexibility index (Phi) is 3.17. The third-order valence-corrected chi connectivity index (χ3v) is 4.06. The number of ether oxygens (including phenoxy) is 1. The van der Waals surface area contributed by atoms with E-state index in [2.05, 4.69) is 25.8 Å². The molecule has 2 saturated heterocycles. The first-order valence-corrected chi connectivity index (χ1v) is 6.74. The van der Waals surface area contributed by atoms with Gasteiger partial charge in [0.15, 0.2) is 0 Å². The maximum absolute atomic E-state index is 6.21. The van der Waals surface area contributed by atoms with Crippen LogP contribution in [0.1, 0.15) is 18.2 Å². The van der Waals surface area contributed by atoms with Crippen molar-refractivity contribution in [2.24, 2.45) is 5.73 Å². The largest absolute Gasteiger partial charge is 0.375 e. The lowest BCUT2D eigenvalue weighted by Crippen LogP contribution is -2.41. The van der Waals surface area contributed by atoms with Gasteiger partial charge in [0, 0.05) is 29.8 Å². The van der Waals surface area contributed by atoms with Crippen LogP contribution in [0.3, 0.4) is 0 Å². The van der Waals surface area contributed by atoms with Gasteiger partial charge in [0.25, 0.3) is 0 Å². The molecule has 3 atom stereocenters. The predicted molar refractivity (Wildman–Crippen MR) is 68.6 cm³/mol. The minimum atomic E-state index is -0.0214. The highest BCUT2D eigenvalue weighted by atomic mass is 79.9. The molecule has 1 unspecified atom stereocenters. The highest BCUT2D eigenvalue weighted by Gasteiger charge is 2.39. The minimum Gasteiger partial charge on any atom is -0.375 e. The molecule has 0 aliphatic carbocycles. The summed E-state index contributed by atoms with van der Waals surface area (Å²) in [4.78, 5) is 6.76. The number of rotatable bonds is 3. The lowest BCUT2D eigenvalue weighted by atomic mass is 10.1. The van der Waals surface area contributed by atoms with Gasteiger partial charge < -0.3 is 10.5 Å². The van der Waals surface area contributed by atoms with Crippen LogP contribution in [0.5, 0.6) is 0 Å². The normalized spacial score (nSPS) is 29.8. The molecule has 4 nitrogen and oxygen atoms in total. The van der Waals surface area contributed by atoms with Crippen molar-refractivity contribution < 1.29 is 4.74 Å². The highest BCUT2D eigenvalue weighted by molar-refractivity contribution is 9.10. The summed E-state index contributed by atoms with van der Waals surface area (Å²) in [5, 5.41) is 0. The summed E-state index contributed by atoms with van der Waals surface area (Å²) >= 11 is 3.45. The molecule has 3 heterocycles. The van der Waals surface area contributed by atoms with Crippen molar-refractivity contribution in [1.29, 1.82) is 0 Å². The first-order valence-electron chi connectivity index (χ1n) is 5.95. The average Bonchev–Trinajstić information content (AvgIpc) is 2.91. The number of nitrogens with two attached hydrogens (primary N) is 1. The molecule has 0 aromatic carbocycles. The van der Waals surface area contributed by atoms with Crippen LogP contribution in [0, 0.1) is 0 Å². The number of hydrogen-bond acceptors (Lipinski definition) is 4. The van der Waals surface area contributed by atoms with Crippen LogP contribution in [0.25, 0.3) is 0 Å². The van der Waals surface area contributed by atoms with Crippen molar-refractivity contribution in [2.45, 2.75) is 24.6 Å². The number of likely N-dealkylation sites (tertiary alicyclic amines) is 1. The number of fused-ring (bicyclic) bond motifs is 2. The summed E-state index contributed by atoms with van der Waals surface area (Å²) < 4.78 is 6.61. The molecule has 2 aliphatic heterocycles. The Balaban J connectivity index is 1.65. The third kappa shape index (κ3) is 2.38. The fourth-order valence-corrected chi connectivity index (χ4v) is 3.03. The molecular weight excluding hydrogens is 282 g/mol. The van der Waals surface area contributed by atoms with Crippen molar-refractivity contribution in [1.82, 2.24) is 9.88 Å². The van der Waals surface area contributed by atoms with Crippen LogP contribution in [0.4, 0.5) is 0 Å². The fraction of sp³-hybridized carbons (Fsp3) is 0.583. The SMILES string of the molecule is NC(CN1C[C@H]2C[C@@H]1CO2)c1cc(Br)ccn1. The van der Waals surface area contributed by atoms with E-state index < -0.39 is 0 Å². The van der Waals surface area contributed by atoms with E-state index in [1.165, 1.54) is 6.42 Å². The van der Waals surface area contributed by atoms with Gasteiger partial charge in [-0.2, -0.15) is 0 Å². The van der Waals surface area contributed by atoms with E-state index in [0.717, 1.165) is 29.9 Å². The topological polar surface area (TPSA) is 51.4 Å². The maximum atomic E-state index is 6.21. The number of aromatic nitrogens is 1. The van der Waals surface area contributed by atoms with Crippen molar-refractivity contribution in [3.05, 3.63) is 28.5 Å². The Morgan fingerprint density at radius 2 is 2.53 bits per heavy atom. The molecule has 3 rings (SSSR count). The van der Waals surface area contributed by atoms with E-state index in [0.29, 0.717) is 12.1 Å². The molecule has 0 spiro atoms. The Morgan fingerprint density at radius 3 is 3.18 bits per heavy atom. The van der Waals surface area contributed by atoms with Crippen LogP contribution in [0.2, 0.25) is 0 Å². The van der Waals surface area contributed by atoms with Gasteiger partial charge in [-0.05, 0) is 18.6 Å². The van der Waals surface area contributed by atoms with Gasteiger partial charge in [-0.3, -0.25) is 9.88 Å². The molecule has 1 aromatic heterocycles. The Hall–Kier alpha value is -0.490. The van der Waals surface area contributed by atoms with Crippen LogP contribution >= 0.6 is 15.9 Å². The quantitative estimate of drug-likeness (QED) is 0.914. The Morgan fingerprint density at radius 1 is 1.65 bits per heavy atom. The minimum absolute atomic E-state index is 0.0214. The third-order valence-electron chi connectivity index (χ3n) is 3.57. The predicted octanol–water partition coefficient (Wildman–Crippen LogP) is 1.32. The second-order valence-electron chi connectivity index (χ2n) is 4.80. The molecule has 2 bridgehead atoms. The Labute approximate surface area is 109 Å². The monoisotopic (exact) mass is 297 g/mol. The van der Waals surface area contributed by atoms with Crippen molar-refractivity contribution in [3.8, 4) is 0 Å². The smallest absolute Gasteiger partial charge is 0.0718 e. The van der Waals surface area contributed by atoms with E-state index in [9.17, 15) is 0 Å². The highest BCUT2D eigenvalue weighted by Crippen LogP contribution is 2.29. The maximum Gasteiger partial charge on any atom is 0.0718 e.